The predicted octanol–water partition coefficient (Wildman–Crippen LogP) is 3.93. The van der Waals surface area contributed by atoms with Crippen LogP contribution in [0.5, 0.6) is 17.4 Å². The lowest BCUT2D eigenvalue weighted by molar-refractivity contribution is -0.122. The summed E-state index contributed by atoms with van der Waals surface area (Å²) < 4.78 is 17.4. The first-order valence-electron chi connectivity index (χ1n) is 9.80. The fourth-order valence-electron chi connectivity index (χ4n) is 2.92. The summed E-state index contributed by atoms with van der Waals surface area (Å²) in [7, 11) is 2.96. The lowest BCUT2D eigenvalue weighted by atomic mass is 10.1. The molecule has 0 aliphatic rings. The molecule has 0 fully saturated rings. The predicted molar refractivity (Wildman–Crippen MR) is 123 cm³/mol. The van der Waals surface area contributed by atoms with Crippen molar-refractivity contribution in [2.24, 2.45) is 0 Å². The lowest BCUT2D eigenvalue weighted by Crippen LogP contribution is -2.31. The molecule has 0 saturated heterocycles. The number of amides is 1. The molecule has 0 radical (unpaired) electrons. The average molecular weight is 458 g/mol. The third-order valence-corrected chi connectivity index (χ3v) is 5.21. The van der Waals surface area contributed by atoms with Crippen molar-refractivity contribution >= 4 is 23.2 Å². The number of methoxy groups -OCH3 is 2. The summed E-state index contributed by atoms with van der Waals surface area (Å²) in [5.41, 5.74) is 2.72. The smallest absolute Gasteiger partial charge is 0.271 e. The molecule has 0 saturated carbocycles. The van der Waals surface area contributed by atoms with Gasteiger partial charge in [0.2, 0.25) is 5.88 Å². The Kier molecular flexibility index (Phi) is 7.05. The second-order valence-corrected chi connectivity index (χ2v) is 7.53. The number of anilines is 1. The Morgan fingerprint density at radius 1 is 1.06 bits per heavy atom. The molecule has 1 N–H and O–H groups in total. The van der Waals surface area contributed by atoms with Crippen LogP contribution in [0.1, 0.15) is 18.1 Å². The molecule has 3 aromatic rings. The van der Waals surface area contributed by atoms with E-state index in [1.54, 1.807) is 25.1 Å². The van der Waals surface area contributed by atoms with E-state index in [1.165, 1.54) is 31.0 Å². The van der Waals surface area contributed by atoms with E-state index in [2.05, 4.69) is 10.4 Å². The third-order valence-electron chi connectivity index (χ3n) is 4.91. The first kappa shape index (κ1) is 23.1. The Morgan fingerprint density at radius 2 is 1.81 bits per heavy atom. The van der Waals surface area contributed by atoms with E-state index in [-0.39, 0.29) is 16.5 Å². The first-order valence-corrected chi connectivity index (χ1v) is 10.2. The molecule has 168 valence electrons. The zero-order chi connectivity index (χ0) is 23.4. The number of hydrogen-bond donors (Lipinski definition) is 1. The number of halogens is 1. The van der Waals surface area contributed by atoms with Crippen LogP contribution in [0.4, 0.5) is 5.69 Å². The topological polar surface area (TPSA) is 91.7 Å². The number of nitrogens with zero attached hydrogens (tertiary/aromatic N) is 2. The number of benzene rings is 2. The van der Waals surface area contributed by atoms with Gasteiger partial charge in [0.25, 0.3) is 11.5 Å². The molecule has 1 aromatic heterocycles. The average Bonchev–Trinajstić information content (AvgIpc) is 2.77. The van der Waals surface area contributed by atoms with Gasteiger partial charge in [-0.05, 0) is 44.0 Å². The normalized spacial score (nSPS) is 11.6. The Balaban J connectivity index is 1.80. The number of carbonyl (C=O) groups is 1. The molecular weight excluding hydrogens is 434 g/mol. The van der Waals surface area contributed by atoms with Gasteiger partial charge >= 0.3 is 0 Å². The summed E-state index contributed by atoms with van der Waals surface area (Å²) in [6.45, 7) is 5.50. The minimum absolute atomic E-state index is 0.123. The second kappa shape index (κ2) is 9.74. The first-order chi connectivity index (χ1) is 15.2. The number of carbonyl (C=O) groups excluding carboxylic acids is 1. The molecule has 2 aromatic carbocycles. The van der Waals surface area contributed by atoms with Crippen LogP contribution >= 0.6 is 11.6 Å². The largest absolute Gasteiger partial charge is 0.497 e. The summed E-state index contributed by atoms with van der Waals surface area (Å²) in [5.74, 6) is 0.489. The van der Waals surface area contributed by atoms with E-state index < -0.39 is 12.0 Å². The standard InChI is InChI=1S/C23H24ClN3O5/c1-13-6-7-16(10-14(13)2)27-21(28)9-8-20(26-27)32-15(3)23(29)25-22-18(24)11-17(30-4)12-19(22)31-5/h6-12,15H,1-5H3,(H,25,29)/t15-/m1/s1. The van der Waals surface area contributed by atoms with Crippen molar-refractivity contribution in [1.29, 1.82) is 0 Å². The molecule has 0 spiro atoms. The highest BCUT2D eigenvalue weighted by Crippen LogP contribution is 2.37. The van der Waals surface area contributed by atoms with Gasteiger partial charge in [-0.2, -0.15) is 4.68 Å². The molecule has 0 aliphatic carbocycles. The highest BCUT2D eigenvalue weighted by molar-refractivity contribution is 6.34. The molecular formula is C23H24ClN3O5. The van der Waals surface area contributed by atoms with Gasteiger partial charge in [-0.25, -0.2) is 0 Å². The Bertz CT molecular complexity index is 1210. The quantitative estimate of drug-likeness (QED) is 0.578. The van der Waals surface area contributed by atoms with E-state index in [0.717, 1.165) is 11.1 Å². The lowest BCUT2D eigenvalue weighted by Gasteiger charge is -2.17. The van der Waals surface area contributed by atoms with E-state index in [1.807, 2.05) is 26.0 Å². The second-order valence-electron chi connectivity index (χ2n) is 7.13. The van der Waals surface area contributed by atoms with E-state index in [0.29, 0.717) is 22.9 Å². The zero-order valence-corrected chi connectivity index (χ0v) is 19.2. The van der Waals surface area contributed by atoms with Crippen LogP contribution in [0.2, 0.25) is 5.02 Å². The van der Waals surface area contributed by atoms with E-state index in [9.17, 15) is 9.59 Å². The molecule has 1 amide bonds. The molecule has 0 aliphatic heterocycles. The summed E-state index contributed by atoms with van der Waals surface area (Å²) in [6.07, 6.45) is -0.934. The van der Waals surface area contributed by atoms with Gasteiger partial charge in [-0.15, -0.1) is 5.10 Å². The van der Waals surface area contributed by atoms with Crippen molar-refractivity contribution in [2.75, 3.05) is 19.5 Å². The van der Waals surface area contributed by atoms with Crippen LogP contribution in [0.15, 0.2) is 47.3 Å². The number of aryl methyl sites for hydroxylation is 2. The summed E-state index contributed by atoms with van der Waals surface area (Å²) in [5, 5.41) is 7.20. The van der Waals surface area contributed by atoms with Gasteiger partial charge in [0, 0.05) is 24.3 Å². The van der Waals surface area contributed by atoms with Crippen LogP contribution in [0.25, 0.3) is 5.69 Å². The maximum absolute atomic E-state index is 12.7. The molecule has 3 rings (SSSR count). The number of rotatable bonds is 7. The highest BCUT2D eigenvalue weighted by Gasteiger charge is 2.20. The molecule has 32 heavy (non-hydrogen) atoms. The van der Waals surface area contributed by atoms with Crippen LogP contribution in [0.3, 0.4) is 0 Å². The molecule has 0 unspecified atom stereocenters. The maximum Gasteiger partial charge on any atom is 0.271 e. The Morgan fingerprint density at radius 3 is 2.47 bits per heavy atom. The van der Waals surface area contributed by atoms with Gasteiger partial charge in [0.15, 0.2) is 6.10 Å². The fraction of sp³-hybridized carbons (Fsp3) is 0.261. The van der Waals surface area contributed by atoms with Crippen molar-refractivity contribution in [3.05, 3.63) is 69.0 Å². The molecule has 8 nitrogen and oxygen atoms in total. The van der Waals surface area contributed by atoms with Crippen molar-refractivity contribution in [3.63, 3.8) is 0 Å². The maximum atomic E-state index is 12.7. The highest BCUT2D eigenvalue weighted by atomic mass is 35.5. The SMILES string of the molecule is COc1cc(Cl)c(NC(=O)[C@@H](C)Oc2ccc(=O)n(-c3ccc(C)c(C)c3)n2)c(OC)c1. The van der Waals surface area contributed by atoms with Gasteiger partial charge in [-0.1, -0.05) is 17.7 Å². The monoisotopic (exact) mass is 457 g/mol. The molecule has 1 atom stereocenters. The molecule has 9 heteroatoms. The molecule has 1 heterocycles. The van der Waals surface area contributed by atoms with Crippen molar-refractivity contribution in [3.8, 4) is 23.1 Å². The zero-order valence-electron chi connectivity index (χ0n) is 18.4. The van der Waals surface area contributed by atoms with Crippen LogP contribution < -0.4 is 25.1 Å². The number of hydrogen-bond acceptors (Lipinski definition) is 6. The van der Waals surface area contributed by atoms with Crippen molar-refractivity contribution in [1.82, 2.24) is 9.78 Å². The number of nitrogens with one attached hydrogen (secondary N) is 1. The van der Waals surface area contributed by atoms with Gasteiger partial charge in [0.1, 0.15) is 17.2 Å². The van der Waals surface area contributed by atoms with Gasteiger partial charge < -0.3 is 19.5 Å². The van der Waals surface area contributed by atoms with Gasteiger partial charge in [0.05, 0.1) is 24.9 Å². The summed E-state index contributed by atoms with van der Waals surface area (Å²) >= 11 is 6.26. The van der Waals surface area contributed by atoms with Crippen LogP contribution in [-0.4, -0.2) is 36.0 Å². The van der Waals surface area contributed by atoms with Crippen molar-refractivity contribution < 1.29 is 19.0 Å². The number of aromatic nitrogens is 2. The fourth-order valence-corrected chi connectivity index (χ4v) is 3.16. The van der Waals surface area contributed by atoms with Crippen molar-refractivity contribution in [2.45, 2.75) is 26.9 Å². The summed E-state index contributed by atoms with van der Waals surface area (Å²) in [6, 6.07) is 11.5. The minimum atomic E-state index is -0.934. The third kappa shape index (κ3) is 5.03. The minimum Gasteiger partial charge on any atom is -0.497 e. The molecule has 0 bridgehead atoms. The van der Waals surface area contributed by atoms with E-state index >= 15 is 0 Å². The Labute approximate surface area is 190 Å². The van der Waals surface area contributed by atoms with Crippen LogP contribution in [-0.2, 0) is 4.79 Å². The Hall–Kier alpha value is -3.52. The van der Waals surface area contributed by atoms with E-state index in [4.69, 9.17) is 25.8 Å². The number of ether oxygens (including phenoxy) is 3. The summed E-state index contributed by atoms with van der Waals surface area (Å²) in [4.78, 5) is 25.0. The van der Waals surface area contributed by atoms with Crippen LogP contribution in [0, 0.1) is 13.8 Å². The van der Waals surface area contributed by atoms with Gasteiger partial charge in [-0.3, -0.25) is 9.59 Å².